The fraction of sp³-hybridized carbons (Fsp3) is 1.00. The number of nitrogens with one attached hydrogen (secondary N) is 1. The predicted molar refractivity (Wildman–Crippen MR) is 71.2 cm³/mol. The van der Waals surface area contributed by atoms with Gasteiger partial charge in [-0.05, 0) is 0 Å². The SMILES string of the molecule is C[NH+](C)C.[Cl][Al-]([Cl])([Cl])[Cl].[Cl][Al]([Cl])[Cl]. The van der Waals surface area contributed by atoms with Crippen molar-refractivity contribution in [3.8, 4) is 0 Å². The van der Waals surface area contributed by atoms with E-state index in [9.17, 15) is 0 Å². The summed E-state index contributed by atoms with van der Waals surface area (Å²) in [5.41, 5.74) is 0. The van der Waals surface area contributed by atoms with Crippen LogP contribution < -0.4 is 4.90 Å². The van der Waals surface area contributed by atoms with E-state index in [2.05, 4.69) is 21.1 Å². The van der Waals surface area contributed by atoms with Gasteiger partial charge in [-0.3, -0.25) is 0 Å². The van der Waals surface area contributed by atoms with Gasteiger partial charge in [0.2, 0.25) is 0 Å². The lowest BCUT2D eigenvalue weighted by atomic mass is 11.0. The molecule has 0 heterocycles. The quantitative estimate of drug-likeness (QED) is 0.632. The lowest BCUT2D eigenvalue weighted by molar-refractivity contribution is -0.836. The van der Waals surface area contributed by atoms with E-state index in [4.69, 9.17) is 70.3 Å². The molecule has 82 valence electrons. The van der Waals surface area contributed by atoms with Gasteiger partial charge in [0.15, 0.2) is 0 Å². The monoisotopic (exact) mass is 359 g/mol. The van der Waals surface area contributed by atoms with Crippen LogP contribution in [0, 0.1) is 0 Å². The van der Waals surface area contributed by atoms with Crippen LogP contribution in [0.1, 0.15) is 0 Å². The Morgan fingerprint density at radius 1 is 0.846 bits per heavy atom. The van der Waals surface area contributed by atoms with Gasteiger partial charge in [0.1, 0.15) is 0 Å². The maximum atomic E-state index is 4.99. The fourth-order valence-electron chi connectivity index (χ4n) is 0. The van der Waals surface area contributed by atoms with Gasteiger partial charge in [0.25, 0.3) is 0 Å². The zero-order valence-corrected chi connectivity index (χ0v) is 14.9. The number of hydrogen-bond donors (Lipinski definition) is 1. The van der Waals surface area contributed by atoms with Gasteiger partial charge in [-0.1, -0.05) is 0 Å². The number of quaternary nitrogens is 1. The molecule has 0 aromatic rings. The highest BCUT2D eigenvalue weighted by atomic mass is 35.9. The van der Waals surface area contributed by atoms with Crippen LogP contribution >= 0.6 is 70.3 Å². The highest BCUT2D eigenvalue weighted by molar-refractivity contribution is 7.81. The van der Waals surface area contributed by atoms with Crippen molar-refractivity contribution in [2.45, 2.75) is 0 Å². The molecule has 0 spiro atoms. The normalized spacial score (nSPS) is 9.46. The molecule has 0 aliphatic heterocycles. The highest BCUT2D eigenvalue weighted by Crippen LogP contribution is 2.23. The van der Waals surface area contributed by atoms with Gasteiger partial charge >= 0.3 is 20.8 Å². The summed E-state index contributed by atoms with van der Waals surface area (Å²) >= 11 is -1.72. The minimum atomic E-state index is -2.94. The molecule has 0 bridgehead atoms. The molecule has 0 rings (SSSR count). The largest absolute Gasteiger partial charge is 0.643 e. The van der Waals surface area contributed by atoms with Crippen molar-refractivity contribution < 1.29 is 4.90 Å². The van der Waals surface area contributed by atoms with E-state index in [1.54, 1.807) is 0 Å². The molecule has 0 amide bonds. The van der Waals surface area contributed by atoms with Gasteiger partial charge < -0.3 is 45.1 Å². The molecule has 0 unspecified atom stereocenters. The summed E-state index contributed by atoms with van der Waals surface area (Å²) in [7, 11) is 38.1. The second kappa shape index (κ2) is 13.1. The molecular weight excluding hydrogens is 352 g/mol. The van der Waals surface area contributed by atoms with E-state index >= 15 is 0 Å². The first-order valence-corrected chi connectivity index (χ1v) is 15.2. The first-order chi connectivity index (χ1) is 5.46. The molecule has 0 fully saturated rings. The first-order valence-electron chi connectivity index (χ1n) is 3.03. The van der Waals surface area contributed by atoms with E-state index in [-0.39, 0.29) is 0 Å². The molecule has 0 aromatic heterocycles. The molecule has 0 saturated heterocycles. The summed E-state index contributed by atoms with van der Waals surface area (Å²) in [5.74, 6) is 0. The molecule has 0 aliphatic rings. The van der Waals surface area contributed by atoms with Crippen LogP contribution in [0.3, 0.4) is 0 Å². The molecule has 0 atom stereocenters. The predicted octanol–water partition coefficient (Wildman–Crippen LogP) is 2.83. The Morgan fingerprint density at radius 2 is 0.846 bits per heavy atom. The van der Waals surface area contributed by atoms with Crippen molar-refractivity contribution in [1.29, 1.82) is 0 Å². The van der Waals surface area contributed by atoms with Gasteiger partial charge in [-0.2, -0.15) is 0 Å². The van der Waals surface area contributed by atoms with Gasteiger partial charge in [0.05, 0.1) is 21.1 Å². The van der Waals surface area contributed by atoms with Crippen molar-refractivity contribution in [2.24, 2.45) is 0 Å². The van der Waals surface area contributed by atoms with Crippen molar-refractivity contribution in [3.63, 3.8) is 0 Å². The summed E-state index contributed by atoms with van der Waals surface area (Å²) in [6.45, 7) is 0. The Balaban J connectivity index is -0.000000117. The van der Waals surface area contributed by atoms with Gasteiger partial charge in [-0.15, -0.1) is 0 Å². The van der Waals surface area contributed by atoms with Gasteiger partial charge in [-0.25, -0.2) is 30.1 Å². The minimum Gasteiger partial charge on any atom is -0.391 e. The van der Waals surface area contributed by atoms with E-state index < -0.39 is 20.8 Å². The van der Waals surface area contributed by atoms with Crippen LogP contribution in [0.15, 0.2) is 0 Å². The summed E-state index contributed by atoms with van der Waals surface area (Å²) in [4.78, 5) is 1.42. The van der Waals surface area contributed by atoms with Crippen molar-refractivity contribution in [3.05, 3.63) is 0 Å². The molecule has 0 aliphatic carbocycles. The van der Waals surface area contributed by atoms with Crippen molar-refractivity contribution >= 4 is 91.1 Å². The lowest BCUT2D eigenvalue weighted by Gasteiger charge is -1.97. The molecular formula is C3H10Al2Cl7N. The standard InChI is InChI=1S/C3H9N.2Al.7ClH/c1-4(2)3;;;;;;;;;/h1-3H3;;;7*1H/q;2*+3;;;;;;;/p-6. The van der Waals surface area contributed by atoms with Gasteiger partial charge in [0, 0.05) is 0 Å². The smallest absolute Gasteiger partial charge is 0.391 e. The van der Waals surface area contributed by atoms with Crippen LogP contribution in [-0.4, -0.2) is 41.9 Å². The van der Waals surface area contributed by atoms with Crippen LogP contribution in [0.4, 0.5) is 0 Å². The highest BCUT2D eigenvalue weighted by Gasteiger charge is 2.14. The number of hydrogen-bond acceptors (Lipinski definition) is 0. The molecule has 10 heteroatoms. The third-order valence-corrected chi connectivity index (χ3v) is 0. The van der Waals surface area contributed by atoms with Crippen molar-refractivity contribution in [2.75, 3.05) is 21.1 Å². The summed E-state index contributed by atoms with van der Waals surface area (Å²) in [6.07, 6.45) is 0. The number of halogens is 7. The van der Waals surface area contributed by atoms with Crippen LogP contribution in [0.5, 0.6) is 0 Å². The zero-order chi connectivity index (χ0) is 11.7. The Hall–Kier alpha value is 3.05. The third kappa shape index (κ3) is 275. The number of rotatable bonds is 0. The first kappa shape index (κ1) is 21.4. The lowest BCUT2D eigenvalue weighted by Crippen LogP contribution is -3.02. The molecule has 0 radical (unpaired) electrons. The average molecular weight is 362 g/mol. The Bertz CT molecular complexity index is 76.7. The molecule has 0 aromatic carbocycles. The molecule has 0 saturated carbocycles. The third-order valence-electron chi connectivity index (χ3n) is 0. The topological polar surface area (TPSA) is 4.44 Å². The summed E-state index contributed by atoms with van der Waals surface area (Å²) in [5, 5.41) is 0. The Morgan fingerprint density at radius 3 is 0.846 bits per heavy atom. The summed E-state index contributed by atoms with van der Waals surface area (Å²) in [6, 6.07) is 0. The second-order valence-electron chi connectivity index (χ2n) is 2.24. The summed E-state index contributed by atoms with van der Waals surface area (Å²) < 4.78 is 0. The van der Waals surface area contributed by atoms with Crippen LogP contribution in [-0.2, 0) is 0 Å². The molecule has 13 heavy (non-hydrogen) atoms. The van der Waals surface area contributed by atoms with E-state index in [0.717, 1.165) is 0 Å². The van der Waals surface area contributed by atoms with Crippen molar-refractivity contribution in [1.82, 2.24) is 0 Å². The minimum absolute atomic E-state index is 1.42. The Labute approximate surface area is 116 Å². The van der Waals surface area contributed by atoms with E-state index in [0.29, 0.717) is 0 Å². The van der Waals surface area contributed by atoms with E-state index in [1.165, 1.54) is 4.90 Å². The molecule has 1 nitrogen and oxygen atoms in total. The Kier molecular flexibility index (Phi) is 21.6. The maximum Gasteiger partial charge on any atom is 0.643 e. The maximum absolute atomic E-state index is 4.99. The van der Waals surface area contributed by atoms with Crippen LogP contribution in [0.2, 0.25) is 0 Å². The zero-order valence-electron chi connectivity index (χ0n) is 7.30. The second-order valence-corrected chi connectivity index (χ2v) is 21.5. The average Bonchev–Trinajstić information content (AvgIpc) is 1.50. The van der Waals surface area contributed by atoms with E-state index in [1.807, 2.05) is 0 Å². The molecule has 1 N–H and O–H groups in total. The van der Waals surface area contributed by atoms with Crippen LogP contribution in [0.25, 0.3) is 0 Å². The fourth-order valence-corrected chi connectivity index (χ4v) is 0.